The lowest BCUT2D eigenvalue weighted by Gasteiger charge is -2.21. The highest BCUT2D eigenvalue weighted by Crippen LogP contribution is 2.12. The van der Waals surface area contributed by atoms with Gasteiger partial charge in [0, 0.05) is 40.3 Å². The average molecular weight is 323 g/mol. The van der Waals surface area contributed by atoms with Gasteiger partial charge in [-0.1, -0.05) is 0 Å². The van der Waals surface area contributed by atoms with Gasteiger partial charge in [-0.25, -0.2) is 0 Å². The molecular formula is C15H25N5O3. The van der Waals surface area contributed by atoms with E-state index in [4.69, 9.17) is 4.74 Å². The fourth-order valence-corrected chi connectivity index (χ4v) is 2.61. The molecular weight excluding hydrogens is 298 g/mol. The first-order valence-corrected chi connectivity index (χ1v) is 7.78. The SMILES string of the molecule is COCC(=O)N1CCCN(CC(=O)Nc2cnn(C)c2C)CC1. The lowest BCUT2D eigenvalue weighted by molar-refractivity contribution is -0.135. The molecule has 0 aromatic carbocycles. The molecule has 1 aromatic heterocycles. The number of nitrogens with one attached hydrogen (secondary N) is 1. The van der Waals surface area contributed by atoms with Gasteiger partial charge in [0.05, 0.1) is 24.1 Å². The van der Waals surface area contributed by atoms with Crippen molar-refractivity contribution in [3.05, 3.63) is 11.9 Å². The van der Waals surface area contributed by atoms with Crippen LogP contribution in [0.3, 0.4) is 0 Å². The number of amides is 2. The second kappa shape index (κ2) is 8.07. The van der Waals surface area contributed by atoms with Gasteiger partial charge in [-0.15, -0.1) is 0 Å². The first kappa shape index (κ1) is 17.4. The van der Waals surface area contributed by atoms with Gasteiger partial charge in [0.15, 0.2) is 0 Å². The molecule has 8 heteroatoms. The molecule has 2 heterocycles. The van der Waals surface area contributed by atoms with Crippen LogP contribution in [-0.2, 0) is 21.4 Å². The maximum absolute atomic E-state index is 12.2. The molecule has 0 aliphatic carbocycles. The summed E-state index contributed by atoms with van der Waals surface area (Å²) in [6.07, 6.45) is 2.51. The van der Waals surface area contributed by atoms with Crippen molar-refractivity contribution in [1.29, 1.82) is 0 Å². The van der Waals surface area contributed by atoms with Crippen LogP contribution in [0.1, 0.15) is 12.1 Å². The van der Waals surface area contributed by atoms with Crippen LogP contribution in [0.5, 0.6) is 0 Å². The summed E-state index contributed by atoms with van der Waals surface area (Å²) in [6, 6.07) is 0. The summed E-state index contributed by atoms with van der Waals surface area (Å²) in [4.78, 5) is 27.9. The third kappa shape index (κ3) is 4.77. The zero-order valence-corrected chi connectivity index (χ0v) is 14.0. The van der Waals surface area contributed by atoms with E-state index in [1.54, 1.807) is 15.8 Å². The number of hydrogen-bond acceptors (Lipinski definition) is 5. The highest BCUT2D eigenvalue weighted by atomic mass is 16.5. The van der Waals surface area contributed by atoms with Gasteiger partial charge in [-0.2, -0.15) is 5.10 Å². The lowest BCUT2D eigenvalue weighted by atomic mass is 10.3. The van der Waals surface area contributed by atoms with Crippen molar-refractivity contribution in [2.24, 2.45) is 7.05 Å². The Morgan fingerprint density at radius 2 is 2.09 bits per heavy atom. The van der Waals surface area contributed by atoms with Gasteiger partial charge >= 0.3 is 0 Å². The first-order chi connectivity index (χ1) is 11.0. The number of methoxy groups -OCH3 is 1. The van der Waals surface area contributed by atoms with E-state index in [1.165, 1.54) is 7.11 Å². The molecule has 1 saturated heterocycles. The molecule has 23 heavy (non-hydrogen) atoms. The predicted molar refractivity (Wildman–Crippen MR) is 86.1 cm³/mol. The molecule has 1 aliphatic rings. The van der Waals surface area contributed by atoms with Crippen molar-refractivity contribution in [3.8, 4) is 0 Å². The maximum Gasteiger partial charge on any atom is 0.248 e. The van der Waals surface area contributed by atoms with Gasteiger partial charge < -0.3 is 15.0 Å². The average Bonchev–Trinajstić information content (AvgIpc) is 2.72. The van der Waals surface area contributed by atoms with E-state index in [0.717, 1.165) is 24.3 Å². The molecule has 2 rings (SSSR count). The normalized spacial score (nSPS) is 16.2. The number of rotatable bonds is 5. The molecule has 0 spiro atoms. The Morgan fingerprint density at radius 3 is 2.74 bits per heavy atom. The zero-order chi connectivity index (χ0) is 16.8. The fourth-order valence-electron chi connectivity index (χ4n) is 2.61. The summed E-state index contributed by atoms with van der Waals surface area (Å²) in [5, 5.41) is 7.00. The van der Waals surface area contributed by atoms with E-state index in [1.807, 2.05) is 14.0 Å². The summed E-state index contributed by atoms with van der Waals surface area (Å²) in [5.41, 5.74) is 1.66. The molecule has 0 radical (unpaired) electrons. The quantitative estimate of drug-likeness (QED) is 0.815. The summed E-state index contributed by atoms with van der Waals surface area (Å²) in [6.45, 7) is 5.17. The maximum atomic E-state index is 12.2. The molecule has 0 bridgehead atoms. The first-order valence-electron chi connectivity index (χ1n) is 7.78. The van der Waals surface area contributed by atoms with Crippen molar-refractivity contribution < 1.29 is 14.3 Å². The second-order valence-electron chi connectivity index (χ2n) is 5.76. The molecule has 8 nitrogen and oxygen atoms in total. The van der Waals surface area contributed by atoms with E-state index in [9.17, 15) is 9.59 Å². The van der Waals surface area contributed by atoms with Crippen LogP contribution in [0.25, 0.3) is 0 Å². The Morgan fingerprint density at radius 1 is 1.30 bits per heavy atom. The van der Waals surface area contributed by atoms with Crippen molar-refractivity contribution in [2.75, 3.05) is 51.8 Å². The van der Waals surface area contributed by atoms with Crippen LogP contribution < -0.4 is 5.32 Å². The molecule has 1 aliphatic heterocycles. The van der Waals surface area contributed by atoms with Crippen LogP contribution in [0.4, 0.5) is 5.69 Å². The van der Waals surface area contributed by atoms with E-state index in [2.05, 4.69) is 15.3 Å². The molecule has 1 aromatic rings. The minimum Gasteiger partial charge on any atom is -0.375 e. The highest BCUT2D eigenvalue weighted by Gasteiger charge is 2.20. The molecule has 128 valence electrons. The minimum absolute atomic E-state index is 0.00443. The zero-order valence-electron chi connectivity index (χ0n) is 14.0. The van der Waals surface area contributed by atoms with Crippen molar-refractivity contribution in [3.63, 3.8) is 0 Å². The monoisotopic (exact) mass is 323 g/mol. The summed E-state index contributed by atoms with van der Waals surface area (Å²) in [7, 11) is 3.36. The van der Waals surface area contributed by atoms with Crippen LogP contribution in [0, 0.1) is 6.92 Å². The lowest BCUT2D eigenvalue weighted by Crippen LogP contribution is -2.39. The van der Waals surface area contributed by atoms with Crippen molar-refractivity contribution in [1.82, 2.24) is 19.6 Å². The van der Waals surface area contributed by atoms with Crippen LogP contribution in [0.15, 0.2) is 6.20 Å². The number of nitrogens with zero attached hydrogens (tertiary/aromatic N) is 4. The molecule has 0 atom stereocenters. The number of aryl methyl sites for hydroxylation is 1. The second-order valence-corrected chi connectivity index (χ2v) is 5.76. The number of anilines is 1. The topological polar surface area (TPSA) is 79.7 Å². The third-order valence-electron chi connectivity index (χ3n) is 4.09. The molecule has 1 N–H and O–H groups in total. The molecule has 1 fully saturated rings. The molecule has 0 unspecified atom stereocenters. The van der Waals surface area contributed by atoms with Crippen LogP contribution >= 0.6 is 0 Å². The van der Waals surface area contributed by atoms with E-state index < -0.39 is 0 Å². The molecule has 2 amide bonds. The molecule has 0 saturated carbocycles. The summed E-state index contributed by atoms with van der Waals surface area (Å²) in [5.74, 6) is -0.0532. The highest BCUT2D eigenvalue weighted by molar-refractivity contribution is 5.92. The van der Waals surface area contributed by atoms with Crippen LogP contribution in [-0.4, -0.2) is 77.8 Å². The number of carbonyl (C=O) groups is 2. The van der Waals surface area contributed by atoms with Crippen molar-refractivity contribution in [2.45, 2.75) is 13.3 Å². The van der Waals surface area contributed by atoms with Crippen molar-refractivity contribution >= 4 is 17.5 Å². The largest absolute Gasteiger partial charge is 0.375 e. The van der Waals surface area contributed by atoms with Gasteiger partial charge in [0.1, 0.15) is 6.61 Å². The number of aromatic nitrogens is 2. The fraction of sp³-hybridized carbons (Fsp3) is 0.667. The Kier molecular flexibility index (Phi) is 6.12. The Balaban J connectivity index is 1.82. The minimum atomic E-state index is -0.0576. The van der Waals surface area contributed by atoms with E-state index in [0.29, 0.717) is 26.2 Å². The number of carbonyl (C=O) groups excluding carboxylic acids is 2. The van der Waals surface area contributed by atoms with Gasteiger partial charge in [-0.05, 0) is 13.3 Å². The Hall–Kier alpha value is -1.93. The predicted octanol–water partition coefficient (Wildman–Crippen LogP) is -0.152. The number of hydrogen-bond donors (Lipinski definition) is 1. The smallest absolute Gasteiger partial charge is 0.248 e. The third-order valence-corrected chi connectivity index (χ3v) is 4.09. The van der Waals surface area contributed by atoms with Gasteiger partial charge in [0.25, 0.3) is 0 Å². The Bertz CT molecular complexity index is 557. The van der Waals surface area contributed by atoms with Gasteiger partial charge in [0.2, 0.25) is 11.8 Å². The van der Waals surface area contributed by atoms with E-state index in [-0.39, 0.29) is 18.4 Å². The summed E-state index contributed by atoms with van der Waals surface area (Å²) < 4.78 is 6.61. The van der Waals surface area contributed by atoms with Gasteiger partial charge in [-0.3, -0.25) is 19.2 Å². The Labute approximate surface area is 136 Å². The standard InChI is InChI=1S/C15H25N5O3/c1-12-13(9-16-18(12)2)17-14(21)10-19-5-4-6-20(8-7-19)15(22)11-23-3/h9H,4-8,10-11H2,1-3H3,(H,17,21). The van der Waals surface area contributed by atoms with E-state index >= 15 is 0 Å². The summed E-state index contributed by atoms with van der Waals surface area (Å²) >= 11 is 0. The number of ether oxygens (including phenoxy) is 1. The van der Waals surface area contributed by atoms with Crippen LogP contribution in [0.2, 0.25) is 0 Å².